The van der Waals surface area contributed by atoms with Crippen LogP contribution in [0.3, 0.4) is 0 Å². The van der Waals surface area contributed by atoms with Gasteiger partial charge in [-0.3, -0.25) is 24.0 Å². The molecule has 11 unspecified atom stereocenters. The van der Waals surface area contributed by atoms with Gasteiger partial charge in [-0.2, -0.15) is 0 Å². The molecule has 2 saturated carbocycles. The second-order valence-electron chi connectivity index (χ2n) is 11.5. The molecular weight excluding hydrogens is 564 g/mol. The van der Waals surface area contributed by atoms with Gasteiger partial charge < -0.3 is 28.8 Å². The molecule has 11 atom stereocenters. The van der Waals surface area contributed by atoms with Crippen molar-refractivity contribution in [1.29, 1.82) is 0 Å². The summed E-state index contributed by atoms with van der Waals surface area (Å²) in [5.41, 5.74) is -5.35. The number of ketones is 1. The Morgan fingerprint density at radius 3 is 2.24 bits per heavy atom. The Balaban J connectivity index is 1.96. The average molecular weight is 597 g/mol. The number of carbonyl (C=O) groups excluding carboxylic acids is 6. The normalized spacial score (nSPS) is 42.7. The van der Waals surface area contributed by atoms with Crippen molar-refractivity contribution in [3.05, 3.63) is 24.3 Å². The number of alkyl halides is 1. The van der Waals surface area contributed by atoms with E-state index in [1.807, 2.05) is 0 Å². The van der Waals surface area contributed by atoms with Crippen LogP contribution in [0.2, 0.25) is 0 Å². The van der Waals surface area contributed by atoms with Crippen molar-refractivity contribution >= 4 is 47.2 Å². The van der Waals surface area contributed by atoms with Crippen molar-refractivity contribution in [1.82, 2.24) is 0 Å². The predicted octanol–water partition coefficient (Wildman–Crippen LogP) is 1.19. The first-order valence-corrected chi connectivity index (χ1v) is 13.5. The number of Topliss-reactive ketones (excluding diaryl/α,β-unsaturated/α-hetero) is 1. The summed E-state index contributed by atoms with van der Waals surface area (Å²) in [5.74, 6) is -8.60. The van der Waals surface area contributed by atoms with E-state index in [0.29, 0.717) is 0 Å². The molecule has 3 fully saturated rings. The number of esters is 5. The van der Waals surface area contributed by atoms with Crippen LogP contribution < -0.4 is 0 Å². The Kier molecular flexibility index (Phi) is 7.66. The van der Waals surface area contributed by atoms with Crippen molar-refractivity contribution in [2.75, 3.05) is 6.61 Å². The molecule has 1 heterocycles. The highest BCUT2D eigenvalue weighted by Gasteiger charge is 2.84. The molecule has 0 aromatic carbocycles. The van der Waals surface area contributed by atoms with Gasteiger partial charge in [0.2, 0.25) is 0 Å². The van der Waals surface area contributed by atoms with Gasteiger partial charge in [0.1, 0.15) is 12.2 Å². The van der Waals surface area contributed by atoms with E-state index in [1.165, 1.54) is 26.8 Å². The van der Waals surface area contributed by atoms with Crippen LogP contribution in [-0.4, -0.2) is 82.2 Å². The lowest BCUT2D eigenvalue weighted by molar-refractivity contribution is -0.217. The smallest absolute Gasteiger partial charge is 0.344 e. The highest BCUT2D eigenvalue weighted by molar-refractivity contribution is 6.23. The summed E-state index contributed by atoms with van der Waals surface area (Å²) in [6.07, 6.45) is -1.31. The van der Waals surface area contributed by atoms with Crippen molar-refractivity contribution in [2.24, 2.45) is 29.1 Å². The van der Waals surface area contributed by atoms with Gasteiger partial charge >= 0.3 is 29.8 Å². The minimum atomic E-state index is -2.42. The van der Waals surface area contributed by atoms with Gasteiger partial charge in [-0.15, -0.1) is 11.6 Å². The van der Waals surface area contributed by atoms with Crippen LogP contribution >= 0.6 is 11.6 Å². The summed E-state index contributed by atoms with van der Waals surface area (Å²) in [6, 6.07) is 0. The Labute approximate surface area is 241 Å². The standard InChI is InChI=1S/C28H33ClO12/c1-11-17(38-14(4)31)9-8-16-19-22(34)27(7,41-15(5)32)21(26(16,19)6)24(39-18(33)10-37-13(3)30)28(36)12(2)25(35)40-23(28)20(11)29/h8-9,12,16-17,19-21,23-24,36H,1,10H2,2-7H3. The highest BCUT2D eigenvalue weighted by atomic mass is 35.5. The number of rotatable bonds is 5. The number of fused-ring (bicyclic) bond motifs is 2. The van der Waals surface area contributed by atoms with E-state index < -0.39 is 106 Å². The molecule has 0 bridgehead atoms. The molecule has 0 radical (unpaired) electrons. The molecule has 1 aliphatic heterocycles. The minimum absolute atomic E-state index is 0.0547. The van der Waals surface area contributed by atoms with Crippen LogP contribution in [0.25, 0.3) is 0 Å². The molecule has 41 heavy (non-hydrogen) atoms. The van der Waals surface area contributed by atoms with Crippen LogP contribution in [0.4, 0.5) is 0 Å². The van der Waals surface area contributed by atoms with E-state index in [2.05, 4.69) is 6.58 Å². The molecule has 1 N–H and O–H groups in total. The molecular formula is C28H33ClO12. The third-order valence-corrected chi connectivity index (χ3v) is 9.47. The van der Waals surface area contributed by atoms with Crippen LogP contribution in [0.15, 0.2) is 24.3 Å². The third kappa shape index (κ3) is 4.64. The van der Waals surface area contributed by atoms with Gasteiger partial charge in [-0.05, 0) is 36.8 Å². The lowest BCUT2D eigenvalue weighted by Crippen LogP contribution is -2.65. The van der Waals surface area contributed by atoms with Crippen LogP contribution in [0.1, 0.15) is 41.5 Å². The fourth-order valence-corrected chi connectivity index (χ4v) is 7.41. The third-order valence-electron chi connectivity index (χ3n) is 8.96. The zero-order valence-corrected chi connectivity index (χ0v) is 24.3. The molecule has 0 amide bonds. The number of halogens is 1. The van der Waals surface area contributed by atoms with Gasteiger partial charge in [0.05, 0.1) is 17.2 Å². The average Bonchev–Trinajstić information content (AvgIpc) is 3.32. The van der Waals surface area contributed by atoms with Crippen molar-refractivity contribution in [2.45, 2.75) is 76.4 Å². The van der Waals surface area contributed by atoms with Crippen LogP contribution in [-0.2, 0) is 52.5 Å². The van der Waals surface area contributed by atoms with E-state index in [4.69, 9.17) is 35.3 Å². The van der Waals surface area contributed by atoms with E-state index in [0.717, 1.165) is 13.8 Å². The Bertz CT molecular complexity index is 1260. The first-order valence-electron chi connectivity index (χ1n) is 13.1. The first-order chi connectivity index (χ1) is 18.9. The molecule has 4 rings (SSSR count). The van der Waals surface area contributed by atoms with Crippen molar-refractivity contribution in [3.63, 3.8) is 0 Å². The largest absolute Gasteiger partial charge is 0.457 e. The molecule has 0 aromatic heterocycles. The summed E-state index contributed by atoms with van der Waals surface area (Å²) >= 11 is 6.77. The number of carbonyl (C=O) groups is 6. The lowest BCUT2D eigenvalue weighted by atomic mass is 9.66. The molecule has 0 aromatic rings. The maximum atomic E-state index is 13.9. The molecule has 13 heteroatoms. The Morgan fingerprint density at radius 1 is 1.05 bits per heavy atom. The molecule has 4 aliphatic rings. The van der Waals surface area contributed by atoms with E-state index in [-0.39, 0.29) is 5.57 Å². The van der Waals surface area contributed by atoms with Crippen LogP contribution in [0.5, 0.6) is 0 Å². The fraction of sp³-hybridized carbons (Fsp3) is 0.643. The maximum absolute atomic E-state index is 13.9. The Morgan fingerprint density at radius 2 is 1.68 bits per heavy atom. The number of aliphatic hydroxyl groups is 1. The predicted molar refractivity (Wildman–Crippen MR) is 138 cm³/mol. The quantitative estimate of drug-likeness (QED) is 0.208. The van der Waals surface area contributed by atoms with Gasteiger partial charge in [0.25, 0.3) is 0 Å². The summed E-state index contributed by atoms with van der Waals surface area (Å²) in [4.78, 5) is 75.5. The molecule has 3 aliphatic carbocycles. The first kappa shape index (κ1) is 30.7. The summed E-state index contributed by atoms with van der Waals surface area (Å²) in [6.45, 7) is 10.9. The lowest BCUT2D eigenvalue weighted by Gasteiger charge is -2.47. The van der Waals surface area contributed by atoms with Gasteiger partial charge in [0, 0.05) is 26.7 Å². The van der Waals surface area contributed by atoms with E-state index >= 15 is 0 Å². The molecule has 12 nitrogen and oxygen atoms in total. The number of hydrogen-bond donors (Lipinski definition) is 1. The summed E-state index contributed by atoms with van der Waals surface area (Å²) in [5, 5.41) is 11.1. The zero-order valence-electron chi connectivity index (χ0n) is 23.5. The van der Waals surface area contributed by atoms with Gasteiger partial charge in [0.15, 0.2) is 29.7 Å². The SMILES string of the molecule is C=C1C(OC(C)=O)C=CC2C3C(=O)C(C)(OC(C)=O)C(C(OC(=O)COC(C)=O)C4(O)C(C)C(=O)OC4C1Cl)C23C. The number of ether oxygens (including phenoxy) is 5. The summed E-state index contributed by atoms with van der Waals surface area (Å²) < 4.78 is 27.1. The summed E-state index contributed by atoms with van der Waals surface area (Å²) in [7, 11) is 0. The van der Waals surface area contributed by atoms with Crippen LogP contribution in [0, 0.1) is 29.1 Å². The topological polar surface area (TPSA) is 169 Å². The molecule has 0 spiro atoms. The number of allylic oxidation sites excluding steroid dienone is 1. The van der Waals surface area contributed by atoms with E-state index in [1.54, 1.807) is 13.0 Å². The fourth-order valence-electron chi connectivity index (χ4n) is 7.03. The maximum Gasteiger partial charge on any atom is 0.344 e. The van der Waals surface area contributed by atoms with E-state index in [9.17, 15) is 33.9 Å². The second kappa shape index (κ2) is 10.2. The monoisotopic (exact) mass is 596 g/mol. The van der Waals surface area contributed by atoms with Gasteiger partial charge in [-0.25, -0.2) is 4.79 Å². The minimum Gasteiger partial charge on any atom is -0.457 e. The second-order valence-corrected chi connectivity index (χ2v) is 11.9. The van der Waals surface area contributed by atoms with Gasteiger partial charge in [-0.1, -0.05) is 19.6 Å². The van der Waals surface area contributed by atoms with Crippen molar-refractivity contribution < 1.29 is 57.6 Å². The van der Waals surface area contributed by atoms with Crippen molar-refractivity contribution in [3.8, 4) is 0 Å². The molecule has 224 valence electrons. The molecule has 1 saturated heterocycles. The highest BCUT2D eigenvalue weighted by Crippen LogP contribution is 2.75. The number of hydrogen-bond acceptors (Lipinski definition) is 12. The zero-order chi connectivity index (χ0) is 30.8. The Hall–Kier alpha value is -3.25.